The first-order valence-electron chi connectivity index (χ1n) is 10.0. The molecule has 1 spiro atoms. The highest BCUT2D eigenvalue weighted by molar-refractivity contribution is 5.14. The smallest absolute Gasteiger partial charge is 0.168 e. The molecule has 1 aromatic rings. The van der Waals surface area contributed by atoms with Gasteiger partial charge in [-0.2, -0.15) is 0 Å². The number of nitrogens with one attached hydrogen (secondary N) is 1. The standard InChI is InChI=1S/C21H32N2O2/c1-17-13-23(14-18-8-4-2-5-9-18)15-20(17)22-12-19-16-24-21(25-19)10-6-3-7-11-21/h2,4-5,8-9,17,19-20,22H,3,6-7,10-16H2,1H3/t17-,19-,20-/m1/s1. The van der Waals surface area contributed by atoms with Crippen molar-refractivity contribution in [3.8, 4) is 0 Å². The molecule has 1 aromatic carbocycles. The summed E-state index contributed by atoms with van der Waals surface area (Å²) in [5.74, 6) is 0.431. The van der Waals surface area contributed by atoms with Gasteiger partial charge >= 0.3 is 0 Å². The largest absolute Gasteiger partial charge is 0.347 e. The van der Waals surface area contributed by atoms with Crippen molar-refractivity contribution in [1.82, 2.24) is 10.2 Å². The minimum absolute atomic E-state index is 0.216. The van der Waals surface area contributed by atoms with E-state index in [9.17, 15) is 0 Å². The zero-order valence-corrected chi connectivity index (χ0v) is 15.5. The highest BCUT2D eigenvalue weighted by Crippen LogP contribution is 2.37. The summed E-state index contributed by atoms with van der Waals surface area (Å²) in [6, 6.07) is 11.3. The fourth-order valence-corrected chi connectivity index (χ4v) is 4.66. The van der Waals surface area contributed by atoms with Crippen molar-refractivity contribution in [3.63, 3.8) is 0 Å². The van der Waals surface area contributed by atoms with Crippen LogP contribution in [0.3, 0.4) is 0 Å². The monoisotopic (exact) mass is 344 g/mol. The molecule has 2 aliphatic heterocycles. The van der Waals surface area contributed by atoms with E-state index in [2.05, 4.69) is 47.5 Å². The minimum Gasteiger partial charge on any atom is -0.347 e. The molecule has 1 saturated carbocycles. The molecule has 0 amide bonds. The van der Waals surface area contributed by atoms with Crippen LogP contribution in [0.15, 0.2) is 30.3 Å². The summed E-state index contributed by atoms with van der Waals surface area (Å²) >= 11 is 0. The fourth-order valence-electron chi connectivity index (χ4n) is 4.66. The van der Waals surface area contributed by atoms with Crippen LogP contribution >= 0.6 is 0 Å². The third kappa shape index (κ3) is 4.25. The van der Waals surface area contributed by atoms with Gasteiger partial charge in [-0.05, 0) is 24.3 Å². The SMILES string of the molecule is C[C@@H]1CN(Cc2ccccc2)C[C@H]1NC[C@@H]1COC2(CCCCC2)O1. The zero-order valence-electron chi connectivity index (χ0n) is 15.5. The molecule has 2 saturated heterocycles. The van der Waals surface area contributed by atoms with Crippen LogP contribution in [-0.4, -0.2) is 49.1 Å². The van der Waals surface area contributed by atoms with Crippen molar-refractivity contribution in [2.45, 2.75) is 63.5 Å². The number of benzene rings is 1. The van der Waals surface area contributed by atoms with E-state index < -0.39 is 0 Å². The minimum atomic E-state index is -0.245. The van der Waals surface area contributed by atoms with Crippen LogP contribution in [0.5, 0.6) is 0 Å². The third-order valence-electron chi connectivity index (χ3n) is 6.07. The Balaban J connectivity index is 1.23. The zero-order chi connectivity index (χ0) is 17.1. The molecule has 4 heteroatoms. The van der Waals surface area contributed by atoms with E-state index in [-0.39, 0.29) is 11.9 Å². The first-order valence-corrected chi connectivity index (χ1v) is 10.0. The van der Waals surface area contributed by atoms with Crippen LogP contribution in [0, 0.1) is 5.92 Å². The van der Waals surface area contributed by atoms with Gasteiger partial charge < -0.3 is 14.8 Å². The molecule has 1 N–H and O–H groups in total. The lowest BCUT2D eigenvalue weighted by molar-refractivity contribution is -0.186. The average molecular weight is 344 g/mol. The van der Waals surface area contributed by atoms with Gasteiger partial charge in [0.05, 0.1) is 12.7 Å². The van der Waals surface area contributed by atoms with Crippen LogP contribution in [0.4, 0.5) is 0 Å². The quantitative estimate of drug-likeness (QED) is 0.890. The van der Waals surface area contributed by atoms with E-state index >= 15 is 0 Å². The highest BCUT2D eigenvalue weighted by atomic mass is 16.7. The predicted molar refractivity (Wildman–Crippen MR) is 99.3 cm³/mol. The molecule has 25 heavy (non-hydrogen) atoms. The van der Waals surface area contributed by atoms with E-state index in [1.807, 2.05) is 0 Å². The van der Waals surface area contributed by atoms with Gasteiger partial charge in [0, 0.05) is 45.1 Å². The van der Waals surface area contributed by atoms with Gasteiger partial charge in [0.1, 0.15) is 0 Å². The van der Waals surface area contributed by atoms with Crippen molar-refractivity contribution in [2.24, 2.45) is 5.92 Å². The number of nitrogens with zero attached hydrogens (tertiary/aromatic N) is 1. The normalized spacial score (nSPS) is 32.4. The Labute approximate surface area is 151 Å². The van der Waals surface area contributed by atoms with Gasteiger partial charge in [-0.25, -0.2) is 0 Å². The predicted octanol–water partition coefficient (Wildman–Crippen LogP) is 3.17. The lowest BCUT2D eigenvalue weighted by atomic mass is 9.94. The lowest BCUT2D eigenvalue weighted by Crippen LogP contribution is -2.41. The van der Waals surface area contributed by atoms with Crippen LogP contribution in [-0.2, 0) is 16.0 Å². The Kier molecular flexibility index (Phi) is 5.41. The third-order valence-corrected chi connectivity index (χ3v) is 6.07. The Bertz CT molecular complexity index is 544. The maximum absolute atomic E-state index is 6.31. The maximum atomic E-state index is 6.31. The fraction of sp³-hybridized carbons (Fsp3) is 0.714. The molecule has 0 radical (unpaired) electrons. The number of ether oxygens (including phenoxy) is 2. The van der Waals surface area contributed by atoms with E-state index in [4.69, 9.17) is 9.47 Å². The van der Waals surface area contributed by atoms with E-state index in [1.54, 1.807) is 0 Å². The summed E-state index contributed by atoms with van der Waals surface area (Å²) in [6.07, 6.45) is 6.19. The molecule has 4 rings (SSSR count). The summed E-state index contributed by atoms with van der Waals surface area (Å²) in [6.45, 7) is 7.36. The number of hydrogen-bond donors (Lipinski definition) is 1. The molecule has 3 atom stereocenters. The maximum Gasteiger partial charge on any atom is 0.168 e. The average Bonchev–Trinajstić information content (AvgIpc) is 3.18. The molecule has 1 aliphatic carbocycles. The second-order valence-electron chi connectivity index (χ2n) is 8.19. The van der Waals surface area contributed by atoms with Gasteiger partial charge in [0.2, 0.25) is 0 Å². The summed E-state index contributed by atoms with van der Waals surface area (Å²) < 4.78 is 12.4. The molecule has 3 fully saturated rings. The summed E-state index contributed by atoms with van der Waals surface area (Å²) in [4.78, 5) is 2.56. The topological polar surface area (TPSA) is 33.7 Å². The van der Waals surface area contributed by atoms with Crippen LogP contribution in [0.1, 0.15) is 44.6 Å². The van der Waals surface area contributed by atoms with Crippen LogP contribution in [0.2, 0.25) is 0 Å². The van der Waals surface area contributed by atoms with Gasteiger partial charge in [-0.15, -0.1) is 0 Å². The number of likely N-dealkylation sites (tertiary alicyclic amines) is 1. The first kappa shape index (κ1) is 17.5. The molecular weight excluding hydrogens is 312 g/mol. The van der Waals surface area contributed by atoms with E-state index in [0.717, 1.165) is 39.1 Å². The molecular formula is C21H32N2O2. The van der Waals surface area contributed by atoms with Crippen molar-refractivity contribution in [1.29, 1.82) is 0 Å². The number of rotatable bonds is 5. The molecule has 3 aliphatic rings. The number of hydrogen-bond acceptors (Lipinski definition) is 4. The summed E-state index contributed by atoms with van der Waals surface area (Å²) in [5.41, 5.74) is 1.40. The van der Waals surface area contributed by atoms with Gasteiger partial charge in [0.15, 0.2) is 5.79 Å². The van der Waals surface area contributed by atoms with Gasteiger partial charge in [0.25, 0.3) is 0 Å². The molecule has 4 nitrogen and oxygen atoms in total. The molecule has 0 aromatic heterocycles. The molecule has 0 unspecified atom stereocenters. The van der Waals surface area contributed by atoms with Crippen molar-refractivity contribution < 1.29 is 9.47 Å². The van der Waals surface area contributed by atoms with E-state index in [0.29, 0.717) is 12.0 Å². The summed E-state index contributed by atoms with van der Waals surface area (Å²) in [5, 5.41) is 3.76. The Morgan fingerprint density at radius 2 is 1.92 bits per heavy atom. The lowest BCUT2D eigenvalue weighted by Gasteiger charge is -2.32. The van der Waals surface area contributed by atoms with Crippen molar-refractivity contribution >= 4 is 0 Å². The first-order chi connectivity index (χ1) is 12.2. The van der Waals surface area contributed by atoms with Gasteiger partial charge in [-0.3, -0.25) is 4.90 Å². The van der Waals surface area contributed by atoms with E-state index in [1.165, 1.54) is 31.4 Å². The van der Waals surface area contributed by atoms with Crippen LogP contribution in [0.25, 0.3) is 0 Å². The van der Waals surface area contributed by atoms with Crippen molar-refractivity contribution in [3.05, 3.63) is 35.9 Å². The highest BCUT2D eigenvalue weighted by Gasteiger charge is 2.42. The molecule has 2 heterocycles. The Hall–Kier alpha value is -0.940. The van der Waals surface area contributed by atoms with Gasteiger partial charge in [-0.1, -0.05) is 43.7 Å². The summed E-state index contributed by atoms with van der Waals surface area (Å²) in [7, 11) is 0. The molecule has 138 valence electrons. The second-order valence-corrected chi connectivity index (χ2v) is 8.19. The Morgan fingerprint density at radius 3 is 2.72 bits per heavy atom. The molecule has 0 bridgehead atoms. The Morgan fingerprint density at radius 1 is 1.12 bits per heavy atom. The van der Waals surface area contributed by atoms with Crippen molar-refractivity contribution in [2.75, 3.05) is 26.2 Å². The van der Waals surface area contributed by atoms with Crippen LogP contribution < -0.4 is 5.32 Å². The second kappa shape index (κ2) is 7.75.